The molecule has 1 saturated heterocycles. The van der Waals surface area contributed by atoms with E-state index in [4.69, 9.17) is 0 Å². The molecule has 0 N–H and O–H groups in total. The zero-order chi connectivity index (χ0) is 17.3. The number of anilines is 3. The predicted molar refractivity (Wildman–Crippen MR) is 87.9 cm³/mol. The molecule has 130 valence electrons. The predicted octanol–water partition coefficient (Wildman–Crippen LogP) is 2.34. The van der Waals surface area contributed by atoms with Crippen molar-refractivity contribution in [1.29, 1.82) is 0 Å². The van der Waals surface area contributed by atoms with Crippen molar-refractivity contribution in [3.05, 3.63) is 23.3 Å². The Morgan fingerprint density at radius 3 is 2.29 bits per heavy atom. The number of hydrogen-bond donors (Lipinski definition) is 0. The minimum atomic E-state index is -4.49. The van der Waals surface area contributed by atoms with Gasteiger partial charge in [-0.3, -0.25) is 0 Å². The van der Waals surface area contributed by atoms with E-state index in [2.05, 4.69) is 19.9 Å². The van der Waals surface area contributed by atoms with Gasteiger partial charge in [-0.1, -0.05) is 0 Å². The largest absolute Gasteiger partial charge is 0.433 e. The molecule has 0 radical (unpaired) electrons. The molecular weight excluding hydrogens is 341 g/mol. The number of aromatic nitrogens is 3. The Morgan fingerprint density at radius 1 is 1.08 bits per heavy atom. The van der Waals surface area contributed by atoms with Crippen LogP contribution in [-0.2, 0) is 6.18 Å². The van der Waals surface area contributed by atoms with Gasteiger partial charge in [0, 0.05) is 57.9 Å². The molecule has 1 aliphatic rings. The lowest BCUT2D eigenvalue weighted by Crippen LogP contribution is -2.47. The summed E-state index contributed by atoms with van der Waals surface area (Å²) in [6.45, 7) is 2.44. The highest BCUT2D eigenvalue weighted by Crippen LogP contribution is 2.31. The highest BCUT2D eigenvalue weighted by Gasteiger charge is 2.35. The van der Waals surface area contributed by atoms with E-state index >= 15 is 0 Å². The van der Waals surface area contributed by atoms with Crippen molar-refractivity contribution in [2.24, 2.45) is 0 Å². The van der Waals surface area contributed by atoms with Gasteiger partial charge in [0.05, 0.1) is 0 Å². The second kappa shape index (κ2) is 6.42. The molecule has 0 bridgehead atoms. The van der Waals surface area contributed by atoms with E-state index < -0.39 is 11.9 Å². The van der Waals surface area contributed by atoms with Crippen LogP contribution in [0.5, 0.6) is 0 Å². The molecule has 2 aromatic heterocycles. The molecule has 0 unspecified atom stereocenters. The number of thiazole rings is 1. The molecule has 6 nitrogen and oxygen atoms in total. The molecule has 0 saturated carbocycles. The Balaban J connectivity index is 1.80. The second-order valence-electron chi connectivity index (χ2n) is 5.59. The quantitative estimate of drug-likeness (QED) is 0.839. The smallest absolute Gasteiger partial charge is 0.363 e. The normalized spacial score (nSPS) is 15.7. The molecule has 1 fully saturated rings. The van der Waals surface area contributed by atoms with Gasteiger partial charge in [-0.25, -0.2) is 9.97 Å². The molecule has 0 aromatic carbocycles. The minimum Gasteiger partial charge on any atom is -0.363 e. The van der Waals surface area contributed by atoms with E-state index in [0.717, 1.165) is 11.2 Å². The lowest BCUT2D eigenvalue weighted by Gasteiger charge is -2.35. The van der Waals surface area contributed by atoms with Crippen LogP contribution in [0.25, 0.3) is 0 Å². The molecule has 10 heteroatoms. The van der Waals surface area contributed by atoms with Gasteiger partial charge in [-0.2, -0.15) is 18.2 Å². The van der Waals surface area contributed by atoms with Crippen molar-refractivity contribution < 1.29 is 13.2 Å². The van der Waals surface area contributed by atoms with Crippen molar-refractivity contribution in [3.63, 3.8) is 0 Å². The van der Waals surface area contributed by atoms with E-state index in [1.165, 1.54) is 0 Å². The average molecular weight is 358 g/mol. The van der Waals surface area contributed by atoms with Crippen LogP contribution in [0.1, 0.15) is 5.69 Å². The summed E-state index contributed by atoms with van der Waals surface area (Å²) < 4.78 is 39.3. The average Bonchev–Trinajstić information content (AvgIpc) is 3.08. The third-order valence-electron chi connectivity index (χ3n) is 3.70. The van der Waals surface area contributed by atoms with Gasteiger partial charge in [0.25, 0.3) is 0 Å². The lowest BCUT2D eigenvalue weighted by molar-refractivity contribution is -0.141. The van der Waals surface area contributed by atoms with Gasteiger partial charge >= 0.3 is 6.18 Å². The summed E-state index contributed by atoms with van der Waals surface area (Å²) in [5.41, 5.74) is -0.918. The molecule has 0 aliphatic carbocycles. The van der Waals surface area contributed by atoms with Crippen LogP contribution in [0.15, 0.2) is 17.6 Å². The maximum Gasteiger partial charge on any atom is 0.433 e. The van der Waals surface area contributed by atoms with Crippen LogP contribution in [-0.4, -0.2) is 55.2 Å². The summed E-state index contributed by atoms with van der Waals surface area (Å²) in [5, 5.41) is 2.83. The number of hydrogen-bond acceptors (Lipinski definition) is 7. The molecule has 1 aliphatic heterocycles. The Bertz CT molecular complexity index is 680. The Morgan fingerprint density at radius 2 is 1.75 bits per heavy atom. The lowest BCUT2D eigenvalue weighted by atomic mass is 10.3. The Kier molecular flexibility index (Phi) is 4.48. The molecule has 3 heterocycles. The first kappa shape index (κ1) is 16.7. The third kappa shape index (κ3) is 3.53. The zero-order valence-corrected chi connectivity index (χ0v) is 14.1. The first-order valence-corrected chi connectivity index (χ1v) is 8.25. The highest BCUT2D eigenvalue weighted by molar-refractivity contribution is 7.13. The number of nitrogens with zero attached hydrogens (tertiary/aromatic N) is 6. The van der Waals surface area contributed by atoms with Crippen molar-refractivity contribution >= 4 is 28.2 Å². The van der Waals surface area contributed by atoms with Gasteiger partial charge in [-0.05, 0) is 0 Å². The summed E-state index contributed by atoms with van der Waals surface area (Å²) in [6.07, 6.45) is -2.75. The maximum absolute atomic E-state index is 13.1. The van der Waals surface area contributed by atoms with Crippen molar-refractivity contribution in [1.82, 2.24) is 15.0 Å². The number of piperazine rings is 1. The summed E-state index contributed by atoms with van der Waals surface area (Å²) >= 11 is 1.55. The van der Waals surface area contributed by atoms with E-state index in [9.17, 15) is 13.2 Å². The second-order valence-corrected chi connectivity index (χ2v) is 6.47. The van der Waals surface area contributed by atoms with Gasteiger partial charge in [-0.15, -0.1) is 11.3 Å². The fourth-order valence-electron chi connectivity index (χ4n) is 2.41. The highest BCUT2D eigenvalue weighted by atomic mass is 32.1. The van der Waals surface area contributed by atoms with Gasteiger partial charge in [0.1, 0.15) is 5.82 Å². The van der Waals surface area contributed by atoms with E-state index in [1.54, 1.807) is 41.4 Å². The number of rotatable bonds is 3. The topological polar surface area (TPSA) is 48.4 Å². The van der Waals surface area contributed by atoms with Crippen LogP contribution in [0.3, 0.4) is 0 Å². The van der Waals surface area contributed by atoms with Gasteiger partial charge < -0.3 is 14.7 Å². The van der Waals surface area contributed by atoms with Crippen molar-refractivity contribution in [3.8, 4) is 0 Å². The minimum absolute atomic E-state index is 0.118. The zero-order valence-electron chi connectivity index (χ0n) is 13.3. The summed E-state index contributed by atoms with van der Waals surface area (Å²) in [7, 11) is 3.32. The fraction of sp³-hybridized carbons (Fsp3) is 0.500. The van der Waals surface area contributed by atoms with E-state index in [0.29, 0.717) is 26.2 Å². The van der Waals surface area contributed by atoms with Crippen LogP contribution < -0.4 is 14.7 Å². The third-order valence-corrected chi connectivity index (χ3v) is 4.53. The fourth-order valence-corrected chi connectivity index (χ4v) is 3.10. The number of alkyl halides is 3. The van der Waals surface area contributed by atoms with E-state index in [1.807, 2.05) is 5.38 Å². The van der Waals surface area contributed by atoms with E-state index in [-0.39, 0.29) is 11.8 Å². The number of halogens is 3. The first-order valence-electron chi connectivity index (χ1n) is 7.37. The SMILES string of the molecule is CN(C)c1cc(C(F)(F)F)nc(N2CCN(c3nccs3)CC2)n1. The summed E-state index contributed by atoms with van der Waals surface area (Å²) in [6, 6.07) is 0.968. The van der Waals surface area contributed by atoms with Gasteiger partial charge in [0.2, 0.25) is 5.95 Å². The molecule has 2 aromatic rings. The first-order chi connectivity index (χ1) is 11.3. The van der Waals surface area contributed by atoms with Crippen molar-refractivity contribution in [2.75, 3.05) is 55.0 Å². The van der Waals surface area contributed by atoms with Crippen LogP contribution in [0.4, 0.5) is 30.1 Å². The van der Waals surface area contributed by atoms with Gasteiger partial charge in [0.15, 0.2) is 10.8 Å². The van der Waals surface area contributed by atoms with Crippen molar-refractivity contribution in [2.45, 2.75) is 6.18 Å². The van der Waals surface area contributed by atoms with Crippen LogP contribution >= 0.6 is 11.3 Å². The van der Waals surface area contributed by atoms with Crippen LogP contribution in [0.2, 0.25) is 0 Å². The molecule has 0 amide bonds. The van der Waals surface area contributed by atoms with Crippen LogP contribution in [0, 0.1) is 0 Å². The molecule has 0 spiro atoms. The molecule has 3 rings (SSSR count). The maximum atomic E-state index is 13.1. The standard InChI is InChI=1S/C14H17F3N6S/c1-21(2)11-9-10(14(15,16)17)19-12(20-11)22-4-6-23(7-5-22)13-18-3-8-24-13/h3,8-9H,4-7H2,1-2H3. The Labute approximate surface area is 141 Å². The molecule has 24 heavy (non-hydrogen) atoms. The Hall–Kier alpha value is -2.10. The summed E-state index contributed by atoms with van der Waals surface area (Å²) in [5.74, 6) is 0.363. The molecule has 0 atom stereocenters. The summed E-state index contributed by atoms with van der Waals surface area (Å²) in [4.78, 5) is 17.7. The monoisotopic (exact) mass is 358 g/mol. The molecular formula is C14H17F3N6S.